The van der Waals surface area contributed by atoms with Gasteiger partial charge < -0.3 is 30.2 Å². The van der Waals surface area contributed by atoms with Gasteiger partial charge in [0.05, 0.1) is 31.6 Å². The average molecular weight is 660 g/mol. The molecule has 0 aliphatic carbocycles. The van der Waals surface area contributed by atoms with Gasteiger partial charge in [0.1, 0.15) is 11.4 Å². The fourth-order valence-corrected chi connectivity index (χ4v) is 5.62. The van der Waals surface area contributed by atoms with Gasteiger partial charge >= 0.3 is 0 Å². The van der Waals surface area contributed by atoms with E-state index in [0.29, 0.717) is 51.2 Å². The molecule has 3 amide bonds. The number of halogens is 1. The first kappa shape index (κ1) is 34.0. The van der Waals surface area contributed by atoms with E-state index in [9.17, 15) is 14.4 Å². The minimum absolute atomic E-state index is 0.0168. The Balaban J connectivity index is 1.53. The number of carbonyl (C=O) groups excluding carboxylic acids is 3. The van der Waals surface area contributed by atoms with E-state index in [-0.39, 0.29) is 11.6 Å². The van der Waals surface area contributed by atoms with E-state index in [1.165, 1.54) is 33.1 Å². The van der Waals surface area contributed by atoms with Gasteiger partial charge in [0.2, 0.25) is 5.91 Å². The van der Waals surface area contributed by atoms with Crippen molar-refractivity contribution in [1.82, 2.24) is 5.32 Å². The number of hydrogen-bond donors (Lipinski definition) is 3. The summed E-state index contributed by atoms with van der Waals surface area (Å²) in [5, 5.41) is 8.48. The Labute approximate surface area is 277 Å². The quantitative estimate of drug-likeness (QED) is 0.102. The molecule has 238 valence electrons. The van der Waals surface area contributed by atoms with Gasteiger partial charge in [0.15, 0.2) is 11.5 Å². The number of amides is 3. The number of thioether (sulfide) groups is 1. The van der Waals surface area contributed by atoms with Crippen molar-refractivity contribution in [2.45, 2.75) is 23.5 Å². The van der Waals surface area contributed by atoms with E-state index < -0.39 is 17.1 Å². The molecule has 4 rings (SSSR count). The van der Waals surface area contributed by atoms with Gasteiger partial charge in [0, 0.05) is 21.8 Å². The fourth-order valence-electron chi connectivity index (χ4n) is 4.35. The molecule has 3 N–H and O–H groups in total. The monoisotopic (exact) mass is 659 g/mol. The van der Waals surface area contributed by atoms with E-state index in [2.05, 4.69) is 16.0 Å². The van der Waals surface area contributed by atoms with E-state index >= 15 is 0 Å². The third-order valence-corrected chi connectivity index (χ3v) is 8.35. The maximum atomic E-state index is 13.6. The Morgan fingerprint density at radius 1 is 0.783 bits per heavy atom. The summed E-state index contributed by atoms with van der Waals surface area (Å²) in [5.74, 6) is 0.345. The maximum absolute atomic E-state index is 13.6. The van der Waals surface area contributed by atoms with Crippen molar-refractivity contribution in [3.63, 3.8) is 0 Å². The van der Waals surface area contributed by atoms with Crippen LogP contribution in [0.3, 0.4) is 0 Å². The number of ether oxygens (including phenoxy) is 3. The lowest BCUT2D eigenvalue weighted by atomic mass is 10.1. The highest BCUT2D eigenvalue weighted by molar-refractivity contribution is 8.00. The van der Waals surface area contributed by atoms with Gasteiger partial charge in [-0.3, -0.25) is 14.4 Å². The van der Waals surface area contributed by atoms with Crippen molar-refractivity contribution in [2.75, 3.05) is 32.0 Å². The van der Waals surface area contributed by atoms with E-state index in [4.69, 9.17) is 25.8 Å². The molecule has 0 aliphatic rings. The molecular weight excluding hydrogens is 626 g/mol. The highest BCUT2D eigenvalue weighted by atomic mass is 35.5. The highest BCUT2D eigenvalue weighted by Crippen LogP contribution is 2.31. The molecule has 0 aromatic heterocycles. The summed E-state index contributed by atoms with van der Waals surface area (Å²) in [6.07, 6.45) is 2.11. The van der Waals surface area contributed by atoms with Crippen LogP contribution >= 0.6 is 23.4 Å². The van der Waals surface area contributed by atoms with Crippen LogP contribution in [0.25, 0.3) is 6.08 Å². The van der Waals surface area contributed by atoms with Crippen molar-refractivity contribution >= 4 is 58.5 Å². The SMILES string of the molecule is CCC(Sc1cccc(NC(=O)/C(=C\c2ccc(OC)c(OC)c2)NC(=O)c2ccccc2)c1)C(=O)Nc1ccc(OC)c(Cl)c1. The van der Waals surface area contributed by atoms with Crippen LogP contribution in [0.2, 0.25) is 5.02 Å². The molecule has 0 bridgehead atoms. The van der Waals surface area contributed by atoms with Crippen LogP contribution in [0, 0.1) is 0 Å². The Morgan fingerprint density at radius 2 is 1.48 bits per heavy atom. The summed E-state index contributed by atoms with van der Waals surface area (Å²) >= 11 is 7.58. The van der Waals surface area contributed by atoms with Crippen molar-refractivity contribution < 1.29 is 28.6 Å². The number of rotatable bonds is 13. The number of methoxy groups -OCH3 is 3. The van der Waals surface area contributed by atoms with Crippen molar-refractivity contribution in [3.05, 3.63) is 113 Å². The summed E-state index contributed by atoms with van der Waals surface area (Å²) in [4.78, 5) is 40.5. The topological polar surface area (TPSA) is 115 Å². The molecule has 0 saturated heterocycles. The van der Waals surface area contributed by atoms with Crippen LogP contribution in [0.5, 0.6) is 17.2 Å². The Morgan fingerprint density at radius 3 is 2.15 bits per heavy atom. The van der Waals surface area contributed by atoms with E-state index in [1.54, 1.807) is 91.0 Å². The normalized spacial score (nSPS) is 11.6. The lowest BCUT2D eigenvalue weighted by molar-refractivity contribution is -0.116. The van der Waals surface area contributed by atoms with Crippen LogP contribution < -0.4 is 30.2 Å². The standard InChI is InChI=1S/C35H34ClN3O6S/c1-5-32(35(42)38-25-15-17-29(43-2)27(36)21-25)46-26-13-9-12-24(20-26)37-34(41)28(39-33(40)23-10-7-6-8-11-23)18-22-14-16-30(44-3)31(19-22)45-4/h6-21,32H,5H2,1-4H3,(H,37,41)(H,38,42)(H,39,40)/b28-18+. The molecule has 0 saturated carbocycles. The average Bonchev–Trinajstić information content (AvgIpc) is 3.07. The zero-order valence-corrected chi connectivity index (χ0v) is 27.3. The third kappa shape index (κ3) is 9.06. The molecule has 0 fully saturated rings. The molecule has 0 radical (unpaired) electrons. The van der Waals surface area contributed by atoms with Gasteiger partial charge in [-0.2, -0.15) is 0 Å². The summed E-state index contributed by atoms with van der Waals surface area (Å²) in [7, 11) is 4.57. The highest BCUT2D eigenvalue weighted by Gasteiger charge is 2.20. The zero-order chi connectivity index (χ0) is 33.1. The van der Waals surface area contributed by atoms with Crippen LogP contribution in [0.15, 0.2) is 102 Å². The van der Waals surface area contributed by atoms with Crippen LogP contribution in [0.4, 0.5) is 11.4 Å². The van der Waals surface area contributed by atoms with Gasteiger partial charge in [-0.05, 0) is 78.7 Å². The molecular formula is C35H34ClN3O6S. The zero-order valence-electron chi connectivity index (χ0n) is 25.8. The number of hydrogen-bond acceptors (Lipinski definition) is 7. The third-order valence-electron chi connectivity index (χ3n) is 6.70. The molecule has 1 atom stereocenters. The first-order valence-corrected chi connectivity index (χ1v) is 15.5. The van der Waals surface area contributed by atoms with E-state index in [1.807, 2.05) is 13.0 Å². The second kappa shape index (κ2) is 16.4. The van der Waals surface area contributed by atoms with Gasteiger partial charge in [-0.1, -0.05) is 48.9 Å². The maximum Gasteiger partial charge on any atom is 0.272 e. The van der Waals surface area contributed by atoms with Crippen LogP contribution in [-0.2, 0) is 9.59 Å². The first-order valence-electron chi connectivity index (χ1n) is 14.3. The molecule has 46 heavy (non-hydrogen) atoms. The minimum atomic E-state index is -0.539. The fraction of sp³-hybridized carbons (Fsp3) is 0.171. The largest absolute Gasteiger partial charge is 0.495 e. The summed E-state index contributed by atoms with van der Waals surface area (Å²) < 4.78 is 15.9. The molecule has 0 spiro atoms. The first-order chi connectivity index (χ1) is 22.2. The Kier molecular flexibility index (Phi) is 12.1. The van der Waals surface area contributed by atoms with Crippen LogP contribution in [-0.4, -0.2) is 44.3 Å². The Bertz CT molecular complexity index is 1730. The molecule has 9 nitrogen and oxygen atoms in total. The lowest BCUT2D eigenvalue weighted by Gasteiger charge is -2.16. The number of benzene rings is 4. The second-order valence-corrected chi connectivity index (χ2v) is 11.5. The predicted molar refractivity (Wildman–Crippen MR) is 183 cm³/mol. The molecule has 11 heteroatoms. The Hall–Kier alpha value is -4.93. The summed E-state index contributed by atoms with van der Waals surface area (Å²) in [6, 6.07) is 26.0. The van der Waals surface area contributed by atoms with Crippen molar-refractivity contribution in [1.29, 1.82) is 0 Å². The lowest BCUT2D eigenvalue weighted by Crippen LogP contribution is -2.30. The van der Waals surface area contributed by atoms with Gasteiger partial charge in [-0.25, -0.2) is 0 Å². The second-order valence-electron chi connectivity index (χ2n) is 9.83. The number of carbonyl (C=O) groups is 3. The molecule has 4 aromatic carbocycles. The van der Waals surface area contributed by atoms with Crippen LogP contribution in [0.1, 0.15) is 29.3 Å². The summed E-state index contributed by atoms with van der Waals surface area (Å²) in [5.41, 5.74) is 2.06. The predicted octanol–water partition coefficient (Wildman–Crippen LogP) is 7.28. The smallest absolute Gasteiger partial charge is 0.272 e. The number of anilines is 2. The summed E-state index contributed by atoms with van der Waals surface area (Å²) in [6.45, 7) is 1.92. The molecule has 0 heterocycles. The molecule has 1 unspecified atom stereocenters. The van der Waals surface area contributed by atoms with Crippen molar-refractivity contribution in [2.24, 2.45) is 0 Å². The minimum Gasteiger partial charge on any atom is -0.495 e. The molecule has 4 aromatic rings. The molecule has 0 aliphatic heterocycles. The van der Waals surface area contributed by atoms with E-state index in [0.717, 1.165) is 4.90 Å². The number of nitrogens with one attached hydrogen (secondary N) is 3. The van der Waals surface area contributed by atoms with Gasteiger partial charge in [0.25, 0.3) is 11.8 Å². The van der Waals surface area contributed by atoms with Crippen molar-refractivity contribution in [3.8, 4) is 17.2 Å². The van der Waals surface area contributed by atoms with Gasteiger partial charge in [-0.15, -0.1) is 11.8 Å².